The average Bonchev–Trinajstić information content (AvgIpc) is 2.88. The first-order valence-corrected chi connectivity index (χ1v) is 7.23. The van der Waals surface area contributed by atoms with E-state index in [4.69, 9.17) is 16.0 Å². The summed E-state index contributed by atoms with van der Waals surface area (Å²) in [5, 5.41) is 4.84. The Hall–Kier alpha value is -1.84. The van der Waals surface area contributed by atoms with E-state index < -0.39 is 0 Å². The highest BCUT2D eigenvalue weighted by molar-refractivity contribution is 6.30. The van der Waals surface area contributed by atoms with Crippen molar-refractivity contribution in [1.82, 2.24) is 5.32 Å². The van der Waals surface area contributed by atoms with Gasteiger partial charge in [-0.25, -0.2) is 4.39 Å². The molecule has 0 fully saturated rings. The molecule has 4 heteroatoms. The van der Waals surface area contributed by atoms with Crippen LogP contribution in [0.4, 0.5) is 4.39 Å². The van der Waals surface area contributed by atoms with Gasteiger partial charge in [0.2, 0.25) is 0 Å². The molecule has 1 N–H and O–H groups in total. The zero-order chi connectivity index (χ0) is 14.8. The predicted molar refractivity (Wildman–Crippen MR) is 83.1 cm³/mol. The Labute approximate surface area is 127 Å². The Morgan fingerprint density at radius 1 is 1.14 bits per heavy atom. The first kappa shape index (κ1) is 14.1. The summed E-state index contributed by atoms with van der Waals surface area (Å²) in [7, 11) is 0. The van der Waals surface area contributed by atoms with Crippen LogP contribution in [0.2, 0.25) is 5.02 Å². The van der Waals surface area contributed by atoms with Crippen LogP contribution in [0.15, 0.2) is 52.9 Å². The first-order valence-electron chi connectivity index (χ1n) is 6.85. The molecule has 3 aromatic rings. The molecular weight excluding hydrogens is 289 g/mol. The molecule has 3 rings (SSSR count). The van der Waals surface area contributed by atoms with E-state index in [9.17, 15) is 4.39 Å². The molecule has 0 saturated heterocycles. The minimum atomic E-state index is -0.263. The predicted octanol–water partition coefficient (Wildman–Crippen LogP) is 4.92. The number of rotatable bonds is 4. The zero-order valence-corrected chi connectivity index (χ0v) is 12.3. The van der Waals surface area contributed by atoms with Gasteiger partial charge in [-0.1, -0.05) is 30.7 Å². The lowest BCUT2D eigenvalue weighted by molar-refractivity contribution is 0.477. The molecule has 1 heterocycles. The smallest absolute Gasteiger partial charge is 0.134 e. The number of furan rings is 1. The summed E-state index contributed by atoms with van der Waals surface area (Å²) in [6, 6.07) is 14.0. The average molecular weight is 304 g/mol. The summed E-state index contributed by atoms with van der Waals surface area (Å²) in [5.41, 5.74) is 1.74. The second kappa shape index (κ2) is 5.88. The van der Waals surface area contributed by atoms with Crippen molar-refractivity contribution in [2.75, 3.05) is 6.54 Å². The van der Waals surface area contributed by atoms with Crippen LogP contribution in [0.5, 0.6) is 0 Å². The lowest BCUT2D eigenvalue weighted by Gasteiger charge is -2.15. The van der Waals surface area contributed by atoms with Crippen LogP contribution in [0.25, 0.3) is 11.0 Å². The Morgan fingerprint density at radius 3 is 2.62 bits per heavy atom. The topological polar surface area (TPSA) is 25.2 Å². The molecule has 0 amide bonds. The Kier molecular flexibility index (Phi) is 3.95. The molecule has 2 nitrogen and oxygen atoms in total. The zero-order valence-electron chi connectivity index (χ0n) is 11.6. The van der Waals surface area contributed by atoms with Gasteiger partial charge in [-0.3, -0.25) is 0 Å². The third-order valence-corrected chi connectivity index (χ3v) is 3.65. The maximum absolute atomic E-state index is 13.3. The highest BCUT2D eigenvalue weighted by atomic mass is 35.5. The number of fused-ring (bicyclic) bond motifs is 1. The molecule has 21 heavy (non-hydrogen) atoms. The van der Waals surface area contributed by atoms with E-state index in [0.29, 0.717) is 10.6 Å². The monoisotopic (exact) mass is 303 g/mol. The van der Waals surface area contributed by atoms with Crippen LogP contribution in [-0.2, 0) is 0 Å². The van der Waals surface area contributed by atoms with Crippen molar-refractivity contribution in [3.05, 3.63) is 70.7 Å². The fourth-order valence-electron chi connectivity index (χ4n) is 2.42. The standard InChI is InChI=1S/C17H15ClFNO/c1-2-20-17(11-3-5-13(18)6-4-11)16-10-12-9-14(19)7-8-15(12)21-16/h3-10,17,20H,2H2,1H3. The van der Waals surface area contributed by atoms with E-state index in [0.717, 1.165) is 23.3 Å². The van der Waals surface area contributed by atoms with Gasteiger partial charge in [0.05, 0.1) is 6.04 Å². The van der Waals surface area contributed by atoms with Gasteiger partial charge in [0.1, 0.15) is 17.2 Å². The van der Waals surface area contributed by atoms with Crippen molar-refractivity contribution in [3.63, 3.8) is 0 Å². The lowest BCUT2D eigenvalue weighted by atomic mass is 10.0. The molecule has 2 aromatic carbocycles. The van der Waals surface area contributed by atoms with E-state index in [1.807, 2.05) is 37.3 Å². The van der Waals surface area contributed by atoms with Crippen LogP contribution in [0.1, 0.15) is 24.3 Å². The minimum Gasteiger partial charge on any atom is -0.459 e. The molecule has 0 aliphatic rings. The van der Waals surface area contributed by atoms with Gasteiger partial charge in [0.25, 0.3) is 0 Å². The maximum atomic E-state index is 13.3. The maximum Gasteiger partial charge on any atom is 0.134 e. The van der Waals surface area contributed by atoms with Gasteiger partial charge >= 0.3 is 0 Å². The van der Waals surface area contributed by atoms with Gasteiger partial charge in [-0.15, -0.1) is 0 Å². The van der Waals surface area contributed by atoms with E-state index in [2.05, 4.69) is 5.32 Å². The summed E-state index contributed by atoms with van der Waals surface area (Å²) in [4.78, 5) is 0. The molecule has 0 spiro atoms. The van der Waals surface area contributed by atoms with Crippen molar-refractivity contribution < 1.29 is 8.81 Å². The third-order valence-electron chi connectivity index (χ3n) is 3.39. The summed E-state index contributed by atoms with van der Waals surface area (Å²) in [6.07, 6.45) is 0. The quantitative estimate of drug-likeness (QED) is 0.739. The van der Waals surface area contributed by atoms with Gasteiger partial charge in [-0.2, -0.15) is 0 Å². The first-order chi connectivity index (χ1) is 10.2. The van der Waals surface area contributed by atoms with Crippen molar-refractivity contribution in [2.24, 2.45) is 0 Å². The van der Waals surface area contributed by atoms with Crippen LogP contribution in [0, 0.1) is 5.82 Å². The molecule has 0 aliphatic heterocycles. The third kappa shape index (κ3) is 2.94. The van der Waals surface area contributed by atoms with Crippen molar-refractivity contribution >= 4 is 22.6 Å². The second-order valence-corrected chi connectivity index (χ2v) is 5.31. The van der Waals surface area contributed by atoms with E-state index in [-0.39, 0.29) is 11.9 Å². The number of halogens is 2. The van der Waals surface area contributed by atoms with Crippen LogP contribution in [0.3, 0.4) is 0 Å². The summed E-state index contributed by atoms with van der Waals surface area (Å²) < 4.78 is 19.2. The molecular formula is C17H15ClFNO. The van der Waals surface area contributed by atoms with Gasteiger partial charge < -0.3 is 9.73 Å². The van der Waals surface area contributed by atoms with Crippen LogP contribution in [-0.4, -0.2) is 6.54 Å². The molecule has 0 bridgehead atoms. The highest BCUT2D eigenvalue weighted by Gasteiger charge is 2.17. The van der Waals surface area contributed by atoms with E-state index in [1.165, 1.54) is 12.1 Å². The highest BCUT2D eigenvalue weighted by Crippen LogP contribution is 2.29. The van der Waals surface area contributed by atoms with Crippen molar-refractivity contribution in [1.29, 1.82) is 0 Å². The van der Waals surface area contributed by atoms with Gasteiger partial charge in [0, 0.05) is 10.4 Å². The number of nitrogens with one attached hydrogen (secondary N) is 1. The van der Waals surface area contributed by atoms with Gasteiger partial charge in [-0.05, 0) is 48.5 Å². The largest absolute Gasteiger partial charge is 0.459 e. The van der Waals surface area contributed by atoms with Crippen molar-refractivity contribution in [2.45, 2.75) is 13.0 Å². The summed E-state index contributed by atoms with van der Waals surface area (Å²) >= 11 is 5.94. The lowest BCUT2D eigenvalue weighted by Crippen LogP contribution is -2.21. The molecule has 1 aromatic heterocycles. The summed E-state index contributed by atoms with van der Waals surface area (Å²) in [5.74, 6) is 0.501. The molecule has 0 aliphatic carbocycles. The number of hydrogen-bond acceptors (Lipinski definition) is 2. The van der Waals surface area contributed by atoms with Crippen LogP contribution < -0.4 is 5.32 Å². The Bertz CT molecular complexity index is 751. The Morgan fingerprint density at radius 2 is 1.90 bits per heavy atom. The molecule has 1 unspecified atom stereocenters. The summed E-state index contributed by atoms with van der Waals surface area (Å²) in [6.45, 7) is 2.82. The molecule has 0 saturated carbocycles. The molecule has 108 valence electrons. The Balaban J connectivity index is 2.04. The van der Waals surface area contributed by atoms with Gasteiger partial charge in [0.15, 0.2) is 0 Å². The fraction of sp³-hybridized carbons (Fsp3) is 0.176. The van der Waals surface area contributed by atoms with Crippen LogP contribution >= 0.6 is 11.6 Å². The van der Waals surface area contributed by atoms with E-state index in [1.54, 1.807) is 6.07 Å². The molecule has 1 atom stereocenters. The normalized spacial score (nSPS) is 12.7. The number of hydrogen-bond donors (Lipinski definition) is 1. The second-order valence-electron chi connectivity index (χ2n) is 4.87. The van der Waals surface area contributed by atoms with Crippen molar-refractivity contribution in [3.8, 4) is 0 Å². The minimum absolute atomic E-state index is 0.0808. The SMILES string of the molecule is CCNC(c1ccc(Cl)cc1)c1cc2cc(F)ccc2o1. The number of benzene rings is 2. The van der Waals surface area contributed by atoms with E-state index >= 15 is 0 Å². The fourth-order valence-corrected chi connectivity index (χ4v) is 2.55. The molecule has 0 radical (unpaired) electrons.